The summed E-state index contributed by atoms with van der Waals surface area (Å²) in [5, 5.41) is 1.91. The number of hydrogen-bond acceptors (Lipinski definition) is 0. The fourth-order valence-electron chi connectivity index (χ4n) is 3.61. The summed E-state index contributed by atoms with van der Waals surface area (Å²) in [6, 6.07) is 15.4. The number of benzene rings is 4. The first kappa shape index (κ1) is 21.0. The van der Waals surface area contributed by atoms with Crippen LogP contribution in [0.25, 0.3) is 33.0 Å². The number of hydrogen-bond donors (Lipinski definition) is 0. The van der Waals surface area contributed by atoms with Gasteiger partial charge in [0.15, 0.2) is 0 Å². The molecule has 0 atom stereocenters. The summed E-state index contributed by atoms with van der Waals surface area (Å²) in [4.78, 5) is 0. The lowest BCUT2D eigenvalue weighted by Crippen LogP contribution is -2.08. The minimum atomic E-state index is -4.89. The van der Waals surface area contributed by atoms with Crippen LogP contribution in [0.4, 0.5) is 26.3 Å². The van der Waals surface area contributed by atoms with Gasteiger partial charge in [-0.25, -0.2) is 13.2 Å². The van der Waals surface area contributed by atoms with Crippen LogP contribution in [-0.4, -0.2) is 0 Å². The van der Waals surface area contributed by atoms with Crippen LogP contribution >= 0.6 is 0 Å². The molecule has 0 fully saturated rings. The SMILES string of the molecule is CCc1ccc2cc(-c3cc(F)c(-c4ccc(C(F)(F)F)c(F)c4)c(F)c3)ccc2c1. The summed E-state index contributed by atoms with van der Waals surface area (Å²) < 4.78 is 81.7. The predicted molar refractivity (Wildman–Crippen MR) is 109 cm³/mol. The molecule has 0 saturated carbocycles. The highest BCUT2D eigenvalue weighted by Crippen LogP contribution is 2.36. The van der Waals surface area contributed by atoms with Gasteiger partial charge in [0.2, 0.25) is 0 Å². The van der Waals surface area contributed by atoms with Gasteiger partial charge in [0.05, 0.1) is 11.1 Å². The number of alkyl halides is 3. The normalized spacial score (nSPS) is 11.8. The molecule has 0 amide bonds. The molecule has 158 valence electrons. The van der Waals surface area contributed by atoms with Crippen LogP contribution in [0.3, 0.4) is 0 Å². The molecule has 0 aliphatic rings. The van der Waals surface area contributed by atoms with Gasteiger partial charge in [0.25, 0.3) is 0 Å². The lowest BCUT2D eigenvalue weighted by molar-refractivity contribution is -0.139. The Bertz CT molecular complexity index is 1260. The molecule has 0 unspecified atom stereocenters. The quantitative estimate of drug-likeness (QED) is 0.288. The molecule has 0 radical (unpaired) electrons. The average molecular weight is 430 g/mol. The Labute approximate surface area is 174 Å². The molecular formula is C25H16F6. The second-order valence-corrected chi connectivity index (χ2v) is 7.26. The molecule has 0 aromatic heterocycles. The number of rotatable bonds is 3. The molecule has 4 aromatic rings. The Morgan fingerprint density at radius 3 is 1.81 bits per heavy atom. The van der Waals surface area contributed by atoms with E-state index in [9.17, 15) is 26.3 Å². The lowest BCUT2D eigenvalue weighted by atomic mass is 9.96. The topological polar surface area (TPSA) is 0 Å². The van der Waals surface area contributed by atoms with E-state index in [2.05, 4.69) is 0 Å². The average Bonchev–Trinajstić information content (AvgIpc) is 2.71. The Kier molecular flexibility index (Phi) is 5.25. The van der Waals surface area contributed by atoms with Gasteiger partial charge in [-0.15, -0.1) is 0 Å². The Balaban J connectivity index is 1.76. The third kappa shape index (κ3) is 4.02. The van der Waals surface area contributed by atoms with Gasteiger partial charge < -0.3 is 0 Å². The Hall–Kier alpha value is -3.28. The largest absolute Gasteiger partial charge is 0.419 e. The summed E-state index contributed by atoms with van der Waals surface area (Å²) in [7, 11) is 0. The van der Waals surface area contributed by atoms with Crippen LogP contribution in [0.2, 0.25) is 0 Å². The van der Waals surface area contributed by atoms with Crippen LogP contribution in [0, 0.1) is 17.5 Å². The standard InChI is InChI=1S/C25H16F6/c1-2-14-3-4-16-10-17(6-5-15(16)9-14)19-12-22(27)24(23(28)13-19)18-7-8-20(21(26)11-18)25(29,30)31/h3-13H,2H2,1H3. The van der Waals surface area contributed by atoms with Crippen LogP contribution in [0.5, 0.6) is 0 Å². The maximum atomic E-state index is 14.8. The van der Waals surface area contributed by atoms with Crippen molar-refractivity contribution in [3.63, 3.8) is 0 Å². The van der Waals surface area contributed by atoms with Crippen LogP contribution in [0.15, 0.2) is 66.7 Å². The molecule has 4 rings (SSSR count). The summed E-state index contributed by atoms with van der Waals surface area (Å²) in [6.45, 7) is 2.05. The summed E-state index contributed by atoms with van der Waals surface area (Å²) in [5.41, 5.74) is -0.351. The smallest absolute Gasteiger partial charge is 0.206 e. The molecule has 0 aliphatic carbocycles. The summed E-state index contributed by atoms with van der Waals surface area (Å²) in [5.74, 6) is -3.57. The third-order valence-electron chi connectivity index (χ3n) is 5.25. The first-order valence-corrected chi connectivity index (χ1v) is 9.56. The minimum absolute atomic E-state index is 0.271. The molecule has 0 bridgehead atoms. The van der Waals surface area contributed by atoms with Gasteiger partial charge in [0.1, 0.15) is 17.5 Å². The van der Waals surface area contributed by atoms with Gasteiger partial charge in [-0.2, -0.15) is 13.2 Å². The molecule has 0 saturated heterocycles. The van der Waals surface area contributed by atoms with Gasteiger partial charge in [-0.05, 0) is 69.8 Å². The molecule has 0 N–H and O–H groups in total. The minimum Gasteiger partial charge on any atom is -0.206 e. The van der Waals surface area contributed by atoms with Gasteiger partial charge in [-0.3, -0.25) is 0 Å². The monoisotopic (exact) mass is 430 g/mol. The van der Waals surface area contributed by atoms with Crippen molar-refractivity contribution in [2.75, 3.05) is 0 Å². The zero-order chi connectivity index (χ0) is 22.3. The van der Waals surface area contributed by atoms with E-state index in [1.165, 1.54) is 5.56 Å². The van der Waals surface area contributed by atoms with E-state index >= 15 is 0 Å². The van der Waals surface area contributed by atoms with Crippen molar-refractivity contribution in [2.45, 2.75) is 19.5 Å². The molecule has 6 heteroatoms. The number of halogens is 6. The molecule has 31 heavy (non-hydrogen) atoms. The van der Waals surface area contributed by atoms with E-state index in [-0.39, 0.29) is 11.1 Å². The van der Waals surface area contributed by atoms with Crippen molar-refractivity contribution in [3.05, 3.63) is 95.3 Å². The molecule has 0 heterocycles. The second kappa shape index (κ2) is 7.76. The summed E-state index contributed by atoms with van der Waals surface area (Å²) >= 11 is 0. The van der Waals surface area contributed by atoms with Crippen molar-refractivity contribution >= 4 is 10.8 Å². The zero-order valence-corrected chi connectivity index (χ0v) is 16.3. The molecule has 0 aliphatic heterocycles. The van der Waals surface area contributed by atoms with Crippen molar-refractivity contribution in [1.29, 1.82) is 0 Å². The van der Waals surface area contributed by atoms with E-state index in [1.807, 2.05) is 31.2 Å². The molecule has 0 spiro atoms. The first-order chi connectivity index (χ1) is 14.7. The zero-order valence-electron chi connectivity index (χ0n) is 16.3. The van der Waals surface area contributed by atoms with Gasteiger partial charge in [0, 0.05) is 0 Å². The maximum absolute atomic E-state index is 14.8. The number of fused-ring (bicyclic) bond motifs is 1. The Morgan fingerprint density at radius 2 is 1.19 bits per heavy atom. The molecular weight excluding hydrogens is 414 g/mol. The highest BCUT2D eigenvalue weighted by Gasteiger charge is 2.34. The maximum Gasteiger partial charge on any atom is 0.419 e. The van der Waals surface area contributed by atoms with Gasteiger partial charge >= 0.3 is 6.18 Å². The van der Waals surface area contributed by atoms with E-state index in [0.717, 1.165) is 35.4 Å². The highest BCUT2D eigenvalue weighted by atomic mass is 19.4. The van der Waals surface area contributed by atoms with Crippen LogP contribution in [-0.2, 0) is 12.6 Å². The fraction of sp³-hybridized carbons (Fsp3) is 0.120. The summed E-state index contributed by atoms with van der Waals surface area (Å²) in [6.07, 6.45) is -4.00. The predicted octanol–water partition coefficient (Wildman–Crippen LogP) is 8.17. The van der Waals surface area contributed by atoms with E-state index in [0.29, 0.717) is 17.7 Å². The van der Waals surface area contributed by atoms with Gasteiger partial charge in [-0.1, -0.05) is 43.3 Å². The van der Waals surface area contributed by atoms with Crippen molar-refractivity contribution in [3.8, 4) is 22.3 Å². The van der Waals surface area contributed by atoms with Crippen molar-refractivity contribution < 1.29 is 26.3 Å². The lowest BCUT2D eigenvalue weighted by Gasteiger charge is -2.12. The van der Waals surface area contributed by atoms with E-state index < -0.39 is 34.8 Å². The fourth-order valence-corrected chi connectivity index (χ4v) is 3.61. The van der Waals surface area contributed by atoms with E-state index in [4.69, 9.17) is 0 Å². The third-order valence-corrected chi connectivity index (χ3v) is 5.25. The van der Waals surface area contributed by atoms with Crippen molar-refractivity contribution in [1.82, 2.24) is 0 Å². The Morgan fingerprint density at radius 1 is 0.613 bits per heavy atom. The van der Waals surface area contributed by atoms with E-state index in [1.54, 1.807) is 12.1 Å². The first-order valence-electron chi connectivity index (χ1n) is 9.56. The van der Waals surface area contributed by atoms with Crippen molar-refractivity contribution in [2.24, 2.45) is 0 Å². The second-order valence-electron chi connectivity index (χ2n) is 7.26. The van der Waals surface area contributed by atoms with Crippen LogP contribution < -0.4 is 0 Å². The highest BCUT2D eigenvalue weighted by molar-refractivity contribution is 5.88. The van der Waals surface area contributed by atoms with Crippen LogP contribution in [0.1, 0.15) is 18.1 Å². The molecule has 4 aromatic carbocycles. The molecule has 0 nitrogen and oxygen atoms in total. The number of aryl methyl sites for hydroxylation is 1.